The highest BCUT2D eigenvalue weighted by atomic mass is 32.1. The van der Waals surface area contributed by atoms with Gasteiger partial charge in [-0.25, -0.2) is 9.97 Å². The van der Waals surface area contributed by atoms with Crippen LogP contribution in [0.4, 0.5) is 19.0 Å². The fourth-order valence-electron chi connectivity index (χ4n) is 5.18. The number of amides is 1. The Labute approximate surface area is 213 Å². The summed E-state index contributed by atoms with van der Waals surface area (Å²) in [4.78, 5) is 29.4. The molecule has 0 N–H and O–H groups in total. The number of halogens is 3. The molecule has 3 heterocycles. The van der Waals surface area contributed by atoms with E-state index in [0.29, 0.717) is 32.1 Å². The number of carbonyl (C=O) groups is 1. The topological polar surface area (TPSA) is 49.3 Å². The van der Waals surface area contributed by atoms with Crippen molar-refractivity contribution in [3.05, 3.63) is 51.7 Å². The summed E-state index contributed by atoms with van der Waals surface area (Å²) in [5.41, 5.74) is 0.664. The van der Waals surface area contributed by atoms with Crippen molar-refractivity contribution in [3.63, 3.8) is 0 Å². The van der Waals surface area contributed by atoms with Crippen molar-refractivity contribution in [3.8, 4) is 0 Å². The fraction of sp³-hybridized carbons (Fsp3) is 0.519. The van der Waals surface area contributed by atoms with Crippen LogP contribution < -0.4 is 4.90 Å². The Bertz CT molecular complexity index is 1260. The fourth-order valence-corrected chi connectivity index (χ4v) is 6.45. The van der Waals surface area contributed by atoms with Gasteiger partial charge in [-0.1, -0.05) is 26.3 Å². The van der Waals surface area contributed by atoms with Crippen LogP contribution in [-0.2, 0) is 25.4 Å². The molecule has 2 aliphatic rings. The van der Waals surface area contributed by atoms with Gasteiger partial charge in [0.25, 0.3) is 5.91 Å². The van der Waals surface area contributed by atoms with Crippen LogP contribution in [-0.4, -0.2) is 47.0 Å². The molecular formula is C27H31F3N4OS. The minimum absolute atomic E-state index is 0.0741. The van der Waals surface area contributed by atoms with E-state index in [4.69, 9.17) is 9.97 Å². The van der Waals surface area contributed by atoms with Gasteiger partial charge < -0.3 is 9.80 Å². The Morgan fingerprint density at radius 2 is 1.81 bits per heavy atom. The maximum Gasteiger partial charge on any atom is 0.416 e. The van der Waals surface area contributed by atoms with E-state index in [0.717, 1.165) is 47.9 Å². The Morgan fingerprint density at radius 3 is 2.53 bits per heavy atom. The van der Waals surface area contributed by atoms with Crippen molar-refractivity contribution >= 4 is 33.3 Å². The molecule has 0 unspecified atom stereocenters. The van der Waals surface area contributed by atoms with Crippen LogP contribution in [0.15, 0.2) is 24.3 Å². The largest absolute Gasteiger partial charge is 0.416 e. The third-order valence-corrected chi connectivity index (χ3v) is 8.17. The van der Waals surface area contributed by atoms with Crippen LogP contribution in [0.5, 0.6) is 0 Å². The van der Waals surface area contributed by atoms with Crippen LogP contribution >= 0.6 is 11.3 Å². The summed E-state index contributed by atoms with van der Waals surface area (Å²) in [5.74, 6) is 1.89. The number of anilines is 1. The summed E-state index contributed by atoms with van der Waals surface area (Å²) in [6.07, 6.45) is 2.08. The maximum absolute atomic E-state index is 13.1. The van der Waals surface area contributed by atoms with E-state index >= 15 is 0 Å². The SMILES string of the molecule is CC(C)Cc1nc(N2CCN(C(=O)c3cccc(C(F)(F)F)c3)CC2)c2c3c(sc2n1)CCCCC3. The van der Waals surface area contributed by atoms with Gasteiger partial charge in [0.05, 0.1) is 10.9 Å². The lowest BCUT2D eigenvalue weighted by atomic mass is 10.1. The van der Waals surface area contributed by atoms with Crippen molar-refractivity contribution in [2.75, 3.05) is 31.1 Å². The number of piperazine rings is 1. The number of fused-ring (bicyclic) bond motifs is 3. The minimum atomic E-state index is -4.47. The summed E-state index contributed by atoms with van der Waals surface area (Å²) in [7, 11) is 0. The average molecular weight is 517 g/mol. The van der Waals surface area contributed by atoms with E-state index < -0.39 is 11.7 Å². The van der Waals surface area contributed by atoms with E-state index in [2.05, 4.69) is 18.7 Å². The third-order valence-electron chi connectivity index (χ3n) is 6.99. The number of alkyl halides is 3. The molecule has 0 saturated carbocycles. The smallest absolute Gasteiger partial charge is 0.352 e. The molecule has 3 aromatic rings. The van der Waals surface area contributed by atoms with Gasteiger partial charge in [0, 0.05) is 43.0 Å². The second kappa shape index (κ2) is 10.00. The molecule has 0 bridgehead atoms. The van der Waals surface area contributed by atoms with Crippen molar-refractivity contribution < 1.29 is 18.0 Å². The number of hydrogen-bond acceptors (Lipinski definition) is 5. The number of benzene rings is 1. The molecule has 0 radical (unpaired) electrons. The molecule has 9 heteroatoms. The molecule has 5 nitrogen and oxygen atoms in total. The first-order valence-corrected chi connectivity index (χ1v) is 13.5. The first-order chi connectivity index (χ1) is 17.2. The van der Waals surface area contributed by atoms with E-state index in [1.54, 1.807) is 16.2 Å². The van der Waals surface area contributed by atoms with Crippen molar-refractivity contribution in [2.45, 2.75) is 58.5 Å². The van der Waals surface area contributed by atoms with E-state index in [-0.39, 0.29) is 11.5 Å². The van der Waals surface area contributed by atoms with E-state index in [1.165, 1.54) is 47.2 Å². The lowest BCUT2D eigenvalue weighted by Gasteiger charge is -2.36. The van der Waals surface area contributed by atoms with Crippen LogP contribution in [0.25, 0.3) is 10.2 Å². The molecule has 1 amide bonds. The molecule has 1 aliphatic heterocycles. The molecular weight excluding hydrogens is 485 g/mol. The first-order valence-electron chi connectivity index (χ1n) is 12.7. The first kappa shape index (κ1) is 25.0. The normalized spacial score (nSPS) is 16.9. The molecule has 1 aliphatic carbocycles. The summed E-state index contributed by atoms with van der Waals surface area (Å²) in [5, 5.41) is 1.17. The number of hydrogen-bond donors (Lipinski definition) is 0. The zero-order valence-electron chi connectivity index (χ0n) is 20.7. The number of aryl methyl sites for hydroxylation is 2. The number of thiophene rings is 1. The highest BCUT2D eigenvalue weighted by Crippen LogP contribution is 2.39. The van der Waals surface area contributed by atoms with Crippen molar-refractivity contribution in [1.29, 1.82) is 0 Å². The number of nitrogens with zero attached hydrogens (tertiary/aromatic N) is 4. The maximum atomic E-state index is 13.1. The van der Waals surface area contributed by atoms with Gasteiger partial charge in [-0.15, -0.1) is 11.3 Å². The molecule has 192 valence electrons. The zero-order chi connectivity index (χ0) is 25.4. The Hall–Kier alpha value is -2.68. The van der Waals surface area contributed by atoms with E-state index in [1.807, 2.05) is 0 Å². The zero-order valence-corrected chi connectivity index (χ0v) is 21.5. The standard InChI is InChI=1S/C27H31F3N4OS/c1-17(2)15-22-31-24(23-20-9-4-3-5-10-21(20)36-25(23)32-22)33-11-13-34(14-12-33)26(35)18-7-6-8-19(16-18)27(28,29)30/h6-8,16-17H,3-5,9-15H2,1-2H3. The molecule has 0 atom stereocenters. The minimum Gasteiger partial charge on any atom is -0.352 e. The number of rotatable bonds is 4. The highest BCUT2D eigenvalue weighted by Gasteiger charge is 2.32. The third kappa shape index (κ3) is 5.08. The van der Waals surface area contributed by atoms with Crippen LogP contribution in [0, 0.1) is 5.92 Å². The molecule has 2 aromatic heterocycles. The molecule has 1 saturated heterocycles. The molecule has 0 spiro atoms. The monoisotopic (exact) mass is 516 g/mol. The number of carbonyl (C=O) groups excluding carboxylic acids is 1. The van der Waals surface area contributed by atoms with Gasteiger partial charge in [0.1, 0.15) is 16.5 Å². The van der Waals surface area contributed by atoms with Crippen molar-refractivity contribution in [2.24, 2.45) is 5.92 Å². The molecule has 5 rings (SSSR count). The summed E-state index contributed by atoms with van der Waals surface area (Å²) in [6.45, 7) is 6.37. The second-order valence-electron chi connectivity index (χ2n) is 10.2. The summed E-state index contributed by atoms with van der Waals surface area (Å²) >= 11 is 1.80. The Balaban J connectivity index is 1.41. The van der Waals surface area contributed by atoms with Crippen molar-refractivity contribution in [1.82, 2.24) is 14.9 Å². The van der Waals surface area contributed by atoms with E-state index in [9.17, 15) is 18.0 Å². The van der Waals surface area contributed by atoms with Crippen LogP contribution in [0.3, 0.4) is 0 Å². The average Bonchev–Trinajstić information content (AvgIpc) is 3.03. The Morgan fingerprint density at radius 1 is 1.06 bits per heavy atom. The van der Waals surface area contributed by atoms with Gasteiger partial charge in [-0.05, 0) is 55.4 Å². The predicted molar refractivity (Wildman–Crippen MR) is 137 cm³/mol. The lowest BCUT2D eigenvalue weighted by Crippen LogP contribution is -2.49. The van der Waals surface area contributed by atoms with Crippen LogP contribution in [0.1, 0.15) is 65.3 Å². The summed E-state index contributed by atoms with van der Waals surface area (Å²) in [6, 6.07) is 4.69. The second-order valence-corrected chi connectivity index (χ2v) is 11.2. The highest BCUT2D eigenvalue weighted by molar-refractivity contribution is 7.19. The quantitative estimate of drug-likeness (QED) is 0.391. The van der Waals surface area contributed by atoms with Gasteiger partial charge in [0.15, 0.2) is 0 Å². The van der Waals surface area contributed by atoms with Gasteiger partial charge in [0.2, 0.25) is 0 Å². The Kier molecular flexibility index (Phi) is 6.94. The molecule has 36 heavy (non-hydrogen) atoms. The van der Waals surface area contributed by atoms with Gasteiger partial charge in [-0.3, -0.25) is 4.79 Å². The van der Waals surface area contributed by atoms with Crippen LogP contribution in [0.2, 0.25) is 0 Å². The van der Waals surface area contributed by atoms with Gasteiger partial charge in [-0.2, -0.15) is 13.2 Å². The lowest BCUT2D eigenvalue weighted by molar-refractivity contribution is -0.137. The van der Waals surface area contributed by atoms with Gasteiger partial charge >= 0.3 is 6.18 Å². The number of aromatic nitrogens is 2. The summed E-state index contributed by atoms with van der Waals surface area (Å²) < 4.78 is 39.4. The molecule has 1 fully saturated rings. The predicted octanol–water partition coefficient (Wildman–Crippen LogP) is 6.14. The molecule has 1 aromatic carbocycles.